The zero-order valence-corrected chi connectivity index (χ0v) is 33.7. The summed E-state index contributed by atoms with van der Waals surface area (Å²) < 4.78 is 7.40. The first-order valence-electron chi connectivity index (χ1n) is 20.6. The first kappa shape index (κ1) is 33.6. The molecule has 0 unspecified atom stereocenters. The second-order valence-corrected chi connectivity index (χ2v) is 20.9. The van der Waals surface area contributed by atoms with Crippen molar-refractivity contribution in [2.45, 2.75) is 124 Å². The fraction of sp³-hybridized carbons (Fsp3) is 0.469. The normalized spacial score (nSPS) is 24.5. The average molecular weight is 701 g/mol. The van der Waals surface area contributed by atoms with Crippen molar-refractivity contribution in [3.63, 3.8) is 0 Å². The minimum Gasteiger partial charge on any atom is -0.468 e. The molecule has 0 saturated heterocycles. The maximum atomic E-state index is 7.40. The molecule has 4 saturated carbocycles. The number of nitrogens with zero attached hydrogens (tertiary/aromatic N) is 2. The van der Waals surface area contributed by atoms with Crippen LogP contribution in [0.15, 0.2) is 77.2 Å². The largest absolute Gasteiger partial charge is 0.468 e. The molecule has 4 aromatic carbocycles. The van der Waals surface area contributed by atoms with E-state index in [2.05, 4.69) is 152 Å². The van der Waals surface area contributed by atoms with E-state index in [-0.39, 0.29) is 23.0 Å². The third kappa shape index (κ3) is 5.06. The standard InChI is InChI=1S/C49H57BN2O/c1-28-19-40-43-41(20-28)52(44-31-22-29-21-30(24-31)25-32(44)23-29)45-37-17-13-35(49(8,9)10)27-42(37)53-46(45)50(43)38-26-34(48(5,6)7)14-18-39(38)51(40)36-15-11-33(12-16-36)47(2,3)4/h11-20,26-27,29-32,44H,21-25H2,1-10H3. The van der Waals surface area contributed by atoms with Gasteiger partial charge in [-0.3, -0.25) is 0 Å². The van der Waals surface area contributed by atoms with Gasteiger partial charge in [0.25, 0.3) is 6.71 Å². The van der Waals surface area contributed by atoms with Crippen molar-refractivity contribution in [2.75, 3.05) is 9.80 Å². The summed E-state index contributed by atoms with van der Waals surface area (Å²) in [7, 11) is 0. The quantitative estimate of drug-likeness (QED) is 0.168. The van der Waals surface area contributed by atoms with Crippen LogP contribution in [0, 0.1) is 30.6 Å². The van der Waals surface area contributed by atoms with Gasteiger partial charge in [-0.15, -0.1) is 0 Å². The summed E-state index contributed by atoms with van der Waals surface area (Å²) in [4.78, 5) is 5.46. The summed E-state index contributed by atoms with van der Waals surface area (Å²) in [5.74, 6) is 3.30. The minimum absolute atomic E-state index is 0.0107. The van der Waals surface area contributed by atoms with Crippen molar-refractivity contribution in [1.82, 2.24) is 0 Å². The predicted octanol–water partition coefficient (Wildman–Crippen LogP) is 11.2. The lowest BCUT2D eigenvalue weighted by Crippen LogP contribution is -2.65. The lowest BCUT2D eigenvalue weighted by Gasteiger charge is -2.58. The molecule has 4 bridgehead atoms. The van der Waals surface area contributed by atoms with E-state index in [4.69, 9.17) is 4.42 Å². The summed E-state index contributed by atoms with van der Waals surface area (Å²) in [6, 6.07) is 29.4. The Morgan fingerprint density at radius 3 is 1.79 bits per heavy atom. The Balaban J connectivity index is 1.28. The summed E-state index contributed by atoms with van der Waals surface area (Å²) in [6.45, 7) is 23.2. The highest BCUT2D eigenvalue weighted by Crippen LogP contribution is 2.58. The number of anilines is 5. The van der Waals surface area contributed by atoms with Crippen molar-refractivity contribution in [3.05, 3.63) is 95.1 Å². The summed E-state index contributed by atoms with van der Waals surface area (Å²) in [6.07, 6.45) is 7.00. The number of fused-ring (bicyclic) bond motifs is 6. The Hall–Kier alpha value is -3.92. The Kier molecular flexibility index (Phi) is 7.03. The van der Waals surface area contributed by atoms with Gasteiger partial charge in [0.2, 0.25) is 0 Å². The van der Waals surface area contributed by atoms with E-state index in [9.17, 15) is 0 Å². The number of hydrogen-bond acceptors (Lipinski definition) is 3. The molecule has 3 heterocycles. The molecule has 272 valence electrons. The molecule has 6 aliphatic rings. The molecule has 0 radical (unpaired) electrons. The van der Waals surface area contributed by atoms with Crippen molar-refractivity contribution < 1.29 is 4.42 Å². The van der Waals surface area contributed by atoms with E-state index in [1.165, 1.54) is 99.1 Å². The summed E-state index contributed by atoms with van der Waals surface area (Å²) in [5.41, 5.74) is 17.1. The first-order chi connectivity index (χ1) is 25.0. The van der Waals surface area contributed by atoms with Gasteiger partial charge in [0.15, 0.2) is 0 Å². The Morgan fingerprint density at radius 1 is 0.604 bits per heavy atom. The maximum absolute atomic E-state index is 7.40. The van der Waals surface area contributed by atoms with Gasteiger partial charge in [0.1, 0.15) is 5.58 Å². The van der Waals surface area contributed by atoms with Crippen molar-refractivity contribution in [2.24, 2.45) is 23.7 Å². The van der Waals surface area contributed by atoms with Gasteiger partial charge in [-0.2, -0.15) is 0 Å². The van der Waals surface area contributed by atoms with E-state index >= 15 is 0 Å². The van der Waals surface area contributed by atoms with Crippen LogP contribution in [0.5, 0.6) is 0 Å². The van der Waals surface area contributed by atoms with Crippen LogP contribution in [0.4, 0.5) is 28.4 Å². The molecule has 4 aliphatic carbocycles. The molecule has 0 amide bonds. The highest BCUT2D eigenvalue weighted by Gasteiger charge is 2.55. The zero-order valence-electron chi connectivity index (χ0n) is 33.7. The van der Waals surface area contributed by atoms with Gasteiger partial charge < -0.3 is 14.2 Å². The van der Waals surface area contributed by atoms with E-state index < -0.39 is 0 Å². The van der Waals surface area contributed by atoms with Crippen molar-refractivity contribution in [3.8, 4) is 0 Å². The van der Waals surface area contributed by atoms with Gasteiger partial charge in [0, 0.05) is 34.2 Å². The highest BCUT2D eigenvalue weighted by atomic mass is 16.3. The fourth-order valence-electron chi connectivity index (χ4n) is 11.6. The number of rotatable bonds is 2. The van der Waals surface area contributed by atoms with Crippen molar-refractivity contribution in [1.29, 1.82) is 0 Å². The lowest BCUT2D eigenvalue weighted by molar-refractivity contribution is 0.000629. The molecule has 2 aliphatic heterocycles. The molecule has 4 fully saturated rings. The van der Waals surface area contributed by atoms with Gasteiger partial charge >= 0.3 is 0 Å². The maximum Gasteiger partial charge on any atom is 0.297 e. The monoisotopic (exact) mass is 700 g/mol. The number of hydrogen-bond donors (Lipinski definition) is 0. The van der Waals surface area contributed by atoms with Gasteiger partial charge in [-0.1, -0.05) is 92.6 Å². The molecular formula is C49H57BN2O. The third-order valence-electron chi connectivity index (χ3n) is 14.0. The first-order valence-corrected chi connectivity index (χ1v) is 20.6. The van der Waals surface area contributed by atoms with E-state index in [0.717, 1.165) is 34.9 Å². The number of furan rings is 1. The van der Waals surface area contributed by atoms with Crippen LogP contribution in [-0.4, -0.2) is 12.8 Å². The molecular weight excluding hydrogens is 643 g/mol. The van der Waals surface area contributed by atoms with Crippen LogP contribution in [0.1, 0.15) is 117 Å². The number of benzene rings is 4. The van der Waals surface area contributed by atoms with Crippen LogP contribution in [0.3, 0.4) is 0 Å². The number of aryl methyl sites for hydroxylation is 1. The second kappa shape index (κ2) is 11.1. The topological polar surface area (TPSA) is 19.6 Å². The molecule has 3 nitrogen and oxygen atoms in total. The molecule has 0 N–H and O–H groups in total. The lowest BCUT2D eigenvalue weighted by atomic mass is 9.35. The van der Waals surface area contributed by atoms with E-state index in [1.807, 2.05) is 0 Å². The van der Waals surface area contributed by atoms with Gasteiger partial charge in [0.05, 0.1) is 11.3 Å². The Morgan fingerprint density at radius 2 is 1.17 bits per heavy atom. The van der Waals surface area contributed by atoms with Gasteiger partial charge in [-0.05, 0) is 155 Å². The van der Waals surface area contributed by atoms with Crippen LogP contribution in [0.25, 0.3) is 11.0 Å². The SMILES string of the molecule is Cc1cc2c3c(c1)N(C1C4CC5CC(C4)CC1C5)c1c(oc4cc(C(C)(C)C)ccc14)B3c1cc(C(C)(C)C)ccc1N2c1ccc(C(C)(C)C)cc1. The molecule has 0 spiro atoms. The fourth-order valence-corrected chi connectivity index (χ4v) is 11.6. The molecule has 53 heavy (non-hydrogen) atoms. The van der Waals surface area contributed by atoms with Crippen LogP contribution >= 0.6 is 0 Å². The van der Waals surface area contributed by atoms with E-state index in [1.54, 1.807) is 0 Å². The molecule has 0 atom stereocenters. The zero-order chi connectivity index (χ0) is 36.9. The van der Waals surface area contributed by atoms with Gasteiger partial charge in [-0.25, -0.2) is 0 Å². The molecule has 1 aromatic heterocycles. The van der Waals surface area contributed by atoms with Crippen LogP contribution in [0.2, 0.25) is 0 Å². The predicted molar refractivity (Wildman–Crippen MR) is 226 cm³/mol. The Labute approximate surface area is 318 Å². The van der Waals surface area contributed by atoms with Crippen molar-refractivity contribution >= 4 is 62.7 Å². The Bertz CT molecular complexity index is 2260. The molecule has 11 rings (SSSR count). The van der Waals surface area contributed by atoms with Crippen LogP contribution < -0.4 is 26.4 Å². The second-order valence-electron chi connectivity index (χ2n) is 20.9. The molecule has 5 aromatic rings. The summed E-state index contributed by atoms with van der Waals surface area (Å²) in [5, 5.41) is 1.28. The third-order valence-corrected chi connectivity index (χ3v) is 14.0. The van der Waals surface area contributed by atoms with Crippen LogP contribution in [-0.2, 0) is 16.2 Å². The minimum atomic E-state index is 0.0107. The smallest absolute Gasteiger partial charge is 0.297 e. The summed E-state index contributed by atoms with van der Waals surface area (Å²) >= 11 is 0. The van der Waals surface area contributed by atoms with E-state index in [0.29, 0.717) is 6.04 Å². The molecule has 4 heteroatoms. The highest BCUT2D eigenvalue weighted by molar-refractivity contribution is 6.99. The average Bonchev–Trinajstić information content (AvgIpc) is 3.46.